The number of hydrogen-bond acceptors (Lipinski definition) is 20. The van der Waals surface area contributed by atoms with Crippen LogP contribution >= 0.6 is 22.6 Å². The lowest BCUT2D eigenvalue weighted by molar-refractivity contribution is 0.0252. The van der Waals surface area contributed by atoms with E-state index in [1.807, 2.05) is 120 Å². The van der Waals surface area contributed by atoms with Gasteiger partial charge in [-0.15, -0.1) is 0 Å². The Morgan fingerprint density at radius 2 is 0.798 bits per heavy atom. The molecule has 18 rings (SSSR count). The van der Waals surface area contributed by atoms with Gasteiger partial charge in [0.05, 0.1) is 75.5 Å². The number of nitrogens with zero attached hydrogens (tertiary/aromatic N) is 10. The molecule has 0 aliphatic carbocycles. The van der Waals surface area contributed by atoms with E-state index in [1.165, 1.54) is 46.7 Å². The first kappa shape index (κ1) is 81.3. The van der Waals surface area contributed by atoms with Gasteiger partial charge in [-0.3, -0.25) is 9.80 Å². The Hall–Kier alpha value is -11.5. The molecule has 5 aliphatic heterocycles. The van der Waals surface area contributed by atoms with Crippen molar-refractivity contribution in [2.75, 3.05) is 92.1 Å². The number of aromatic amines is 1. The van der Waals surface area contributed by atoms with Crippen LogP contribution in [0.1, 0.15) is 80.9 Å². The van der Waals surface area contributed by atoms with Gasteiger partial charge in [0.15, 0.2) is 11.3 Å². The van der Waals surface area contributed by atoms with Crippen LogP contribution in [0.5, 0.6) is 28.7 Å². The maximum absolute atomic E-state index is 14.2. The summed E-state index contributed by atoms with van der Waals surface area (Å²) in [7, 11) is -7.86. The van der Waals surface area contributed by atoms with Gasteiger partial charge in [-0.05, 0) is 265 Å². The zero-order valence-corrected chi connectivity index (χ0v) is 69.3. The van der Waals surface area contributed by atoms with E-state index in [0.717, 1.165) is 132 Å². The van der Waals surface area contributed by atoms with Crippen LogP contribution in [0.3, 0.4) is 0 Å². The summed E-state index contributed by atoms with van der Waals surface area (Å²) in [4.78, 5) is 22.2. The number of aromatic nitrogens is 6. The van der Waals surface area contributed by atoms with E-state index in [4.69, 9.17) is 37.9 Å². The van der Waals surface area contributed by atoms with Crippen LogP contribution in [0.4, 0.5) is 0 Å². The summed E-state index contributed by atoms with van der Waals surface area (Å²) in [5, 5.41) is 32.0. The first-order valence-corrected chi connectivity index (χ1v) is 44.3. The molecule has 5 saturated heterocycles. The van der Waals surface area contributed by atoms with Crippen molar-refractivity contribution in [1.82, 2.24) is 37.7 Å². The molecule has 23 nitrogen and oxygen atoms in total. The summed E-state index contributed by atoms with van der Waals surface area (Å²) in [5.41, 5.74) is 11.1. The molecule has 606 valence electrons. The molecule has 0 amide bonds. The summed E-state index contributed by atoms with van der Waals surface area (Å²) < 4.78 is 105. The van der Waals surface area contributed by atoms with Crippen LogP contribution < -0.4 is 23.7 Å². The quantitative estimate of drug-likeness (QED) is 0.0582. The van der Waals surface area contributed by atoms with Gasteiger partial charge in [-0.25, -0.2) is 39.7 Å². The molecule has 7 aromatic carbocycles. The second kappa shape index (κ2) is 37.6. The smallest absolute Gasteiger partial charge is 0.270 e. The topological polar surface area (TPSA) is 284 Å². The molecule has 119 heavy (non-hydrogen) atoms. The molecule has 5 aliphatic rings. The first-order valence-electron chi connectivity index (χ1n) is 40.3. The van der Waals surface area contributed by atoms with Gasteiger partial charge < -0.3 is 42.9 Å². The summed E-state index contributed by atoms with van der Waals surface area (Å²) in [5.74, 6) is 3.32. The number of pyridine rings is 3. The molecule has 0 atom stereocenters. The molecule has 1 N–H and O–H groups in total. The zero-order valence-electron chi connectivity index (χ0n) is 65.6. The molecule has 0 unspecified atom stereocenters. The molecular formula is C93H88IN11O12S2. The van der Waals surface area contributed by atoms with E-state index < -0.39 is 20.0 Å². The van der Waals surface area contributed by atoms with Gasteiger partial charge >= 0.3 is 0 Å². The standard InChI is InChI=1S/C37H36N4O5S.C31H32N4O3.C25H20IN3O4S/c38-26-29-24-28(10-13-36(29)46-31-15-21-44-22-16-31)33-14-17-39-37-34(33)25-35(41(37)47(42,43)32-6-2-1-3-7-32)27-8-11-30(12-9-27)45-23-20-40-18-4-5-19-40;32-21-24-19-23(5-8-30(24)38-26-10-16-36-17-11-26)27-9-12-33-31-28(27)20-29(34-31)22-3-6-25(7-4-22)37-18-15-35-13-1-2-14-35;26-24-15-22-21(8-11-28-25(22)29(24)34(30,31)20-4-2-1-3-5-20)17-6-7-23(18(14-17)16-27)33-19-9-12-32-13-10-19/h1-3,6-14,17,24-25,31H,4-5,15-16,18-23H2;3-9,12,19-20,26H,1-2,10-11,13-18H2,(H,33,34);1-8,11,14-15,19H,9-10,12-13H2. The Morgan fingerprint density at radius 3 is 1.23 bits per heavy atom. The third-order valence-corrected chi connectivity index (χ3v) is 26.6. The van der Waals surface area contributed by atoms with Crippen LogP contribution in [0.25, 0.3) is 89.0 Å². The average molecular weight is 1740 g/mol. The summed E-state index contributed by atoms with van der Waals surface area (Å²) in [6.07, 6.45) is 15.0. The molecular weight excluding hydrogens is 1650 g/mol. The number of nitrogens with one attached hydrogen (secondary N) is 1. The number of nitriles is 3. The highest BCUT2D eigenvalue weighted by molar-refractivity contribution is 14.1. The molecule has 0 spiro atoms. The normalized spacial score (nSPS) is 15.7. The Balaban J connectivity index is 0.000000135. The van der Waals surface area contributed by atoms with Crippen molar-refractivity contribution in [3.05, 3.63) is 239 Å². The van der Waals surface area contributed by atoms with E-state index in [-0.39, 0.29) is 28.1 Å². The Bertz CT molecular complexity index is 6120. The summed E-state index contributed by atoms with van der Waals surface area (Å²) >= 11 is 2.01. The minimum atomic E-state index is -4.03. The fraction of sp³-hybridized carbons (Fsp3) is 0.290. The second-order valence-electron chi connectivity index (χ2n) is 29.8. The molecule has 6 aromatic heterocycles. The molecule has 5 fully saturated rings. The van der Waals surface area contributed by atoms with Gasteiger partial charge in [0.2, 0.25) is 0 Å². The lowest BCUT2D eigenvalue weighted by Crippen LogP contribution is -2.26. The number of benzene rings is 7. The number of halogens is 1. The zero-order chi connectivity index (χ0) is 81.7. The van der Waals surface area contributed by atoms with Crippen LogP contribution in [-0.2, 0) is 34.3 Å². The Morgan fingerprint density at radius 1 is 0.420 bits per heavy atom. The molecule has 0 saturated carbocycles. The predicted molar refractivity (Wildman–Crippen MR) is 463 cm³/mol. The fourth-order valence-electron chi connectivity index (χ4n) is 15.8. The van der Waals surface area contributed by atoms with Crippen LogP contribution in [0.15, 0.2) is 229 Å². The van der Waals surface area contributed by atoms with Gasteiger partial charge in [0.1, 0.15) is 84.1 Å². The van der Waals surface area contributed by atoms with Gasteiger partial charge in [-0.2, -0.15) is 15.8 Å². The molecule has 26 heteroatoms. The van der Waals surface area contributed by atoms with Gasteiger partial charge in [0, 0.05) is 92.1 Å². The molecule has 13 aromatic rings. The minimum Gasteiger partial charge on any atom is -0.492 e. The second-order valence-corrected chi connectivity index (χ2v) is 34.4. The van der Waals surface area contributed by atoms with Crippen molar-refractivity contribution in [3.8, 4) is 103 Å². The van der Waals surface area contributed by atoms with Crippen molar-refractivity contribution in [3.63, 3.8) is 0 Å². The highest BCUT2D eigenvalue weighted by Crippen LogP contribution is 2.41. The third kappa shape index (κ3) is 18.7. The number of rotatable bonds is 23. The Kier molecular flexibility index (Phi) is 25.7. The van der Waals surface area contributed by atoms with E-state index >= 15 is 0 Å². The van der Waals surface area contributed by atoms with E-state index in [2.05, 4.69) is 66.1 Å². The molecule has 0 bridgehead atoms. The van der Waals surface area contributed by atoms with Gasteiger partial charge in [0.25, 0.3) is 20.0 Å². The van der Waals surface area contributed by atoms with Crippen molar-refractivity contribution < 1.29 is 54.7 Å². The maximum atomic E-state index is 14.2. The maximum Gasteiger partial charge on any atom is 0.270 e. The minimum absolute atomic E-state index is 0.00372. The van der Waals surface area contributed by atoms with Crippen molar-refractivity contribution in [1.29, 1.82) is 15.8 Å². The number of H-pyrrole nitrogens is 1. The van der Waals surface area contributed by atoms with Gasteiger partial charge in [-0.1, -0.05) is 54.6 Å². The average Bonchev–Trinajstić information content (AvgIpc) is 1.60. The number of hydrogen-bond donors (Lipinski definition) is 1. The highest BCUT2D eigenvalue weighted by Gasteiger charge is 2.30. The fourth-order valence-corrected chi connectivity index (χ4v) is 19.9. The van der Waals surface area contributed by atoms with Crippen LogP contribution in [0.2, 0.25) is 0 Å². The number of fused-ring (bicyclic) bond motifs is 3. The van der Waals surface area contributed by atoms with E-state index in [1.54, 1.807) is 104 Å². The van der Waals surface area contributed by atoms with E-state index in [9.17, 15) is 32.6 Å². The monoisotopic (exact) mass is 1740 g/mol. The number of ether oxygens (including phenoxy) is 8. The lowest BCUT2D eigenvalue weighted by Gasteiger charge is -2.24. The predicted octanol–water partition coefficient (Wildman–Crippen LogP) is 17.3. The van der Waals surface area contributed by atoms with Crippen molar-refractivity contribution >= 4 is 75.7 Å². The van der Waals surface area contributed by atoms with E-state index in [0.29, 0.717) is 124 Å². The third-order valence-electron chi connectivity index (χ3n) is 22.1. The molecule has 11 heterocycles. The number of likely N-dealkylation sites (tertiary alicyclic amines) is 2. The van der Waals surface area contributed by atoms with Crippen molar-refractivity contribution in [2.45, 2.75) is 92.3 Å². The summed E-state index contributed by atoms with van der Waals surface area (Å²) in [6, 6.07) is 67.5. The van der Waals surface area contributed by atoms with Crippen LogP contribution in [-0.4, -0.2) is 165 Å². The molecule has 0 radical (unpaired) electrons. The Labute approximate surface area is 705 Å². The lowest BCUT2D eigenvalue weighted by atomic mass is 10.0. The summed E-state index contributed by atoms with van der Waals surface area (Å²) in [6.45, 7) is 11.8. The first-order chi connectivity index (χ1) is 58.3. The largest absolute Gasteiger partial charge is 0.492 e. The highest BCUT2D eigenvalue weighted by atomic mass is 127. The van der Waals surface area contributed by atoms with Crippen molar-refractivity contribution in [2.24, 2.45) is 0 Å². The SMILES string of the molecule is N#Cc1cc(-c2ccnc3[nH]c(-c4ccc(OCCN5CCCC5)cc4)cc23)ccc1OC1CCOCC1.N#Cc1cc(-c2ccnc3c2cc(-c2ccc(OCCN4CCCC4)cc2)n3S(=O)(=O)c2ccccc2)ccc1OC1CCOCC1.N#Cc1cc(-c2ccnc3c2cc(I)n3S(=O)(=O)c2ccccc2)ccc1OC1CCOCC1. The van der Waals surface area contributed by atoms with Crippen LogP contribution in [0, 0.1) is 37.7 Å².